The molecule has 35 heavy (non-hydrogen) atoms. The van der Waals surface area contributed by atoms with Gasteiger partial charge < -0.3 is 4.57 Å². The maximum Gasteiger partial charge on any atom is 0.330 e. The lowest BCUT2D eigenvalue weighted by molar-refractivity contribution is 0.742. The quantitative estimate of drug-likeness (QED) is 0.319. The topological polar surface area (TPSA) is 84.7 Å². The number of hydrogen-bond donors (Lipinski definition) is 2. The highest BCUT2D eigenvalue weighted by molar-refractivity contribution is 7.97. The number of hydrogen-bond acceptors (Lipinski definition) is 5. The van der Waals surface area contributed by atoms with Crippen LogP contribution >= 0.6 is 11.9 Å². The smallest absolute Gasteiger partial charge is 0.325 e. The fourth-order valence-electron chi connectivity index (χ4n) is 4.00. The second kappa shape index (κ2) is 10.2. The van der Waals surface area contributed by atoms with E-state index in [4.69, 9.17) is 0 Å². The van der Waals surface area contributed by atoms with Crippen LogP contribution in [-0.2, 0) is 19.6 Å². The summed E-state index contributed by atoms with van der Waals surface area (Å²) in [5, 5.41) is 0. The Bertz CT molecular complexity index is 1550. The number of imidazole rings is 1. The minimum absolute atomic E-state index is 0.336. The van der Waals surface area contributed by atoms with Crippen molar-refractivity contribution in [3.63, 3.8) is 0 Å². The summed E-state index contributed by atoms with van der Waals surface area (Å²) in [4.78, 5) is 32.5. The highest BCUT2D eigenvalue weighted by Crippen LogP contribution is 2.23. The molecule has 7 nitrogen and oxygen atoms in total. The van der Waals surface area contributed by atoms with E-state index in [9.17, 15) is 9.59 Å². The number of H-pyrrole nitrogens is 1. The fourth-order valence-corrected chi connectivity index (χ4v) is 4.68. The van der Waals surface area contributed by atoms with Crippen LogP contribution in [0.25, 0.3) is 22.3 Å². The molecule has 0 amide bonds. The van der Waals surface area contributed by atoms with E-state index in [-0.39, 0.29) is 0 Å². The maximum atomic E-state index is 12.4. The Kier molecular flexibility index (Phi) is 6.65. The Balaban J connectivity index is 1.21. The molecule has 0 saturated heterocycles. The van der Waals surface area contributed by atoms with Crippen LogP contribution in [0.4, 0.5) is 0 Å². The van der Waals surface area contributed by atoms with Crippen LogP contribution in [0.3, 0.4) is 0 Å². The predicted octanol–water partition coefficient (Wildman–Crippen LogP) is 4.42. The second-order valence-corrected chi connectivity index (χ2v) is 9.14. The van der Waals surface area contributed by atoms with Gasteiger partial charge in [-0.1, -0.05) is 66.7 Å². The molecule has 2 aromatic heterocycles. The number of nitrogens with one attached hydrogen (secondary N) is 2. The van der Waals surface area contributed by atoms with Gasteiger partial charge >= 0.3 is 5.69 Å². The van der Waals surface area contributed by atoms with Gasteiger partial charge in [0.15, 0.2) is 11.2 Å². The molecule has 0 aliphatic heterocycles. The van der Waals surface area contributed by atoms with Crippen LogP contribution in [0, 0.1) is 0 Å². The van der Waals surface area contributed by atoms with Gasteiger partial charge in [0.25, 0.3) is 5.56 Å². The summed E-state index contributed by atoms with van der Waals surface area (Å²) in [6.45, 7) is 3.58. The summed E-state index contributed by atoms with van der Waals surface area (Å²) in [6.07, 6.45) is 1.59. The lowest BCUT2D eigenvalue weighted by atomic mass is 10.1. The largest absolute Gasteiger partial charge is 0.330 e. The molecule has 0 unspecified atom stereocenters. The number of aromatic nitrogens is 4. The molecule has 0 aliphatic rings. The van der Waals surface area contributed by atoms with Crippen LogP contribution < -0.4 is 16.0 Å². The molecule has 0 atom stereocenters. The summed E-state index contributed by atoms with van der Waals surface area (Å²) in [5.74, 6) is 0. The molecular formula is C27H25N5O2S. The van der Waals surface area contributed by atoms with Crippen molar-refractivity contribution in [2.45, 2.75) is 31.5 Å². The summed E-state index contributed by atoms with van der Waals surface area (Å²) in [7, 11) is 0. The number of aromatic amines is 1. The lowest BCUT2D eigenvalue weighted by Crippen LogP contribution is -2.31. The Hall–Kier alpha value is -3.88. The third kappa shape index (κ3) is 4.99. The molecule has 176 valence electrons. The van der Waals surface area contributed by atoms with Crippen LogP contribution in [0.15, 0.2) is 99.7 Å². The van der Waals surface area contributed by atoms with Gasteiger partial charge in [-0.15, -0.1) is 0 Å². The molecule has 0 fully saturated rings. The number of rotatable bonds is 8. The molecule has 2 N–H and O–H groups in total. The van der Waals surface area contributed by atoms with Gasteiger partial charge in [0.1, 0.15) is 0 Å². The predicted molar refractivity (Wildman–Crippen MR) is 140 cm³/mol. The van der Waals surface area contributed by atoms with Gasteiger partial charge in [-0.25, -0.2) is 9.78 Å². The third-order valence-corrected chi connectivity index (χ3v) is 6.68. The van der Waals surface area contributed by atoms with E-state index in [1.165, 1.54) is 15.7 Å². The van der Waals surface area contributed by atoms with E-state index in [1.54, 1.807) is 22.8 Å². The lowest BCUT2D eigenvalue weighted by Gasteiger charge is -2.09. The molecule has 2 heterocycles. The van der Waals surface area contributed by atoms with Gasteiger partial charge in [0.2, 0.25) is 0 Å². The normalized spacial score (nSPS) is 11.2. The summed E-state index contributed by atoms with van der Waals surface area (Å²) < 4.78 is 6.65. The summed E-state index contributed by atoms with van der Waals surface area (Å²) in [5.41, 5.74) is 4.46. The van der Waals surface area contributed by atoms with E-state index in [0.717, 1.165) is 16.0 Å². The number of benzene rings is 3. The fraction of sp³-hybridized carbons (Fsp3) is 0.148. The minimum atomic E-state index is -0.454. The van der Waals surface area contributed by atoms with Gasteiger partial charge in [0.05, 0.1) is 12.9 Å². The summed E-state index contributed by atoms with van der Waals surface area (Å²) in [6, 6.07) is 26.9. The Morgan fingerprint density at radius 3 is 2.29 bits per heavy atom. The van der Waals surface area contributed by atoms with Gasteiger partial charge in [-0.2, -0.15) is 0 Å². The zero-order valence-corrected chi connectivity index (χ0v) is 20.1. The monoisotopic (exact) mass is 483 g/mol. The van der Waals surface area contributed by atoms with Crippen LogP contribution in [0.5, 0.6) is 0 Å². The minimum Gasteiger partial charge on any atom is -0.325 e. The van der Waals surface area contributed by atoms with Crippen LogP contribution in [0.1, 0.15) is 18.1 Å². The van der Waals surface area contributed by atoms with Crippen molar-refractivity contribution in [2.75, 3.05) is 0 Å². The Morgan fingerprint density at radius 2 is 1.57 bits per heavy atom. The molecule has 3 aromatic carbocycles. The first-order valence-corrected chi connectivity index (χ1v) is 12.2. The van der Waals surface area contributed by atoms with Crippen molar-refractivity contribution >= 4 is 23.1 Å². The highest BCUT2D eigenvalue weighted by atomic mass is 32.2. The van der Waals surface area contributed by atoms with Crippen molar-refractivity contribution in [1.29, 1.82) is 0 Å². The van der Waals surface area contributed by atoms with Gasteiger partial charge in [-0.3, -0.25) is 19.1 Å². The standard InChI is InChI=1S/C27H25N5O2S/c1-2-31-18-28-25-24(31)26(33)30-27(34)32(25)17-20-10-8-19(9-11-20)16-29-35-23-14-12-22(13-15-23)21-6-4-3-5-7-21/h3-15,18,29H,2,16-17H2,1H3,(H,30,33,34). The average molecular weight is 484 g/mol. The SMILES string of the molecule is CCn1cnc2c1c(=O)[nH]c(=O)n2Cc1ccc(CNSc2ccc(-c3ccccc3)cc2)cc1. The van der Waals surface area contributed by atoms with Crippen molar-refractivity contribution in [3.8, 4) is 11.1 Å². The van der Waals surface area contributed by atoms with Gasteiger partial charge in [-0.05, 0) is 53.3 Å². The molecule has 5 rings (SSSR count). The Morgan fingerprint density at radius 1 is 0.886 bits per heavy atom. The van der Waals surface area contributed by atoms with Crippen LogP contribution in [0.2, 0.25) is 0 Å². The van der Waals surface area contributed by atoms with Crippen LogP contribution in [-0.4, -0.2) is 19.1 Å². The van der Waals surface area contributed by atoms with E-state index < -0.39 is 11.2 Å². The third-order valence-electron chi connectivity index (χ3n) is 5.89. The van der Waals surface area contributed by atoms with E-state index in [2.05, 4.69) is 51.1 Å². The van der Waals surface area contributed by atoms with Gasteiger partial charge in [0, 0.05) is 18.0 Å². The molecule has 0 spiro atoms. The molecule has 0 bridgehead atoms. The van der Waals surface area contributed by atoms with Crippen molar-refractivity contribution in [3.05, 3.63) is 117 Å². The molecular weight excluding hydrogens is 458 g/mol. The first-order valence-electron chi connectivity index (χ1n) is 11.4. The first kappa shape index (κ1) is 22.9. The van der Waals surface area contributed by atoms with Crippen molar-refractivity contribution in [2.24, 2.45) is 0 Å². The van der Waals surface area contributed by atoms with Crippen molar-refractivity contribution < 1.29 is 0 Å². The maximum absolute atomic E-state index is 12.4. The highest BCUT2D eigenvalue weighted by Gasteiger charge is 2.13. The molecule has 0 aliphatic carbocycles. The van der Waals surface area contributed by atoms with E-state index >= 15 is 0 Å². The molecule has 5 aromatic rings. The van der Waals surface area contributed by atoms with E-state index in [1.807, 2.05) is 49.4 Å². The number of aryl methyl sites for hydroxylation is 1. The zero-order chi connectivity index (χ0) is 24.2. The average Bonchev–Trinajstić information content (AvgIpc) is 3.33. The molecule has 8 heteroatoms. The Labute approximate surface area is 206 Å². The molecule has 0 saturated carbocycles. The van der Waals surface area contributed by atoms with Crippen molar-refractivity contribution in [1.82, 2.24) is 23.8 Å². The van der Waals surface area contributed by atoms with E-state index in [0.29, 0.717) is 30.8 Å². The number of fused-ring (bicyclic) bond motifs is 1. The first-order chi connectivity index (χ1) is 17.1. The summed E-state index contributed by atoms with van der Waals surface area (Å²) >= 11 is 1.60. The number of nitrogens with zero attached hydrogens (tertiary/aromatic N) is 3. The molecule has 0 radical (unpaired) electrons. The zero-order valence-electron chi connectivity index (χ0n) is 19.3. The second-order valence-electron chi connectivity index (χ2n) is 8.18.